The molecule has 0 atom stereocenters. The Morgan fingerprint density at radius 1 is 1.17 bits per heavy atom. The van der Waals surface area contributed by atoms with Crippen LogP contribution >= 0.6 is 28.1 Å². The summed E-state index contributed by atoms with van der Waals surface area (Å²) in [4.78, 5) is 12.2. The molecule has 0 saturated heterocycles. The first-order chi connectivity index (χ1) is 11.6. The van der Waals surface area contributed by atoms with Crippen LogP contribution in [-0.4, -0.2) is 31.3 Å². The molecule has 5 nitrogen and oxygen atoms in total. The minimum Gasteiger partial charge on any atom is -0.491 e. The monoisotopic (exact) mass is 408 g/mol. The van der Waals surface area contributed by atoms with E-state index >= 15 is 0 Å². The molecule has 0 aliphatic rings. The Bertz CT molecular complexity index is 707. The van der Waals surface area contributed by atoms with Gasteiger partial charge in [0.2, 0.25) is 0 Å². The van der Waals surface area contributed by atoms with Gasteiger partial charge in [-0.05, 0) is 54.7 Å². The summed E-state index contributed by atoms with van der Waals surface area (Å²) in [5.41, 5.74) is 1.28. The molecule has 24 heavy (non-hydrogen) atoms. The van der Waals surface area contributed by atoms with Gasteiger partial charge in [-0.1, -0.05) is 22.0 Å². The van der Waals surface area contributed by atoms with Gasteiger partial charge in [0.15, 0.2) is 5.11 Å². The Kier molecular flexibility index (Phi) is 7.17. The second kappa shape index (κ2) is 9.36. The van der Waals surface area contributed by atoms with E-state index < -0.39 is 0 Å². The van der Waals surface area contributed by atoms with Crippen molar-refractivity contribution in [3.8, 4) is 5.75 Å². The van der Waals surface area contributed by atoms with Gasteiger partial charge in [-0.3, -0.25) is 10.1 Å². The van der Waals surface area contributed by atoms with Crippen molar-refractivity contribution < 1.29 is 14.3 Å². The molecule has 0 aromatic heterocycles. The average Bonchev–Trinajstić information content (AvgIpc) is 2.55. The number of hydrogen-bond acceptors (Lipinski definition) is 4. The van der Waals surface area contributed by atoms with Crippen molar-refractivity contribution in [2.24, 2.45) is 0 Å². The van der Waals surface area contributed by atoms with Crippen molar-refractivity contribution in [2.75, 3.05) is 25.6 Å². The van der Waals surface area contributed by atoms with E-state index in [1.54, 1.807) is 31.4 Å². The summed E-state index contributed by atoms with van der Waals surface area (Å²) in [6, 6.07) is 14.3. The van der Waals surface area contributed by atoms with Gasteiger partial charge in [0.1, 0.15) is 12.4 Å². The number of benzene rings is 2. The molecule has 0 saturated carbocycles. The van der Waals surface area contributed by atoms with Crippen LogP contribution in [-0.2, 0) is 4.74 Å². The average molecular weight is 409 g/mol. The number of nitrogens with one attached hydrogen (secondary N) is 2. The molecule has 2 rings (SSSR count). The van der Waals surface area contributed by atoms with Crippen LogP contribution in [0.1, 0.15) is 10.4 Å². The molecule has 2 N–H and O–H groups in total. The molecule has 0 heterocycles. The Labute approximate surface area is 154 Å². The maximum absolute atomic E-state index is 12.2. The molecule has 0 radical (unpaired) electrons. The first-order valence-electron chi connectivity index (χ1n) is 7.18. The molecule has 126 valence electrons. The quantitative estimate of drug-likeness (QED) is 0.564. The molecule has 2 aromatic rings. The van der Waals surface area contributed by atoms with Gasteiger partial charge in [0.05, 0.1) is 6.61 Å². The lowest BCUT2D eigenvalue weighted by molar-refractivity contribution is 0.0977. The fourth-order valence-electron chi connectivity index (χ4n) is 1.85. The number of carbonyl (C=O) groups is 1. The van der Waals surface area contributed by atoms with E-state index in [-0.39, 0.29) is 11.0 Å². The Morgan fingerprint density at radius 2 is 1.92 bits per heavy atom. The summed E-state index contributed by atoms with van der Waals surface area (Å²) in [5, 5.41) is 5.84. The lowest BCUT2D eigenvalue weighted by Crippen LogP contribution is -2.34. The predicted molar refractivity (Wildman–Crippen MR) is 102 cm³/mol. The number of thiocarbonyl (C=S) groups is 1. The Balaban J connectivity index is 1.88. The van der Waals surface area contributed by atoms with Gasteiger partial charge in [-0.15, -0.1) is 0 Å². The van der Waals surface area contributed by atoms with Crippen LogP contribution in [0, 0.1) is 0 Å². The van der Waals surface area contributed by atoms with E-state index in [4.69, 9.17) is 21.7 Å². The SMILES string of the molecule is COCCOc1ccc(C(=O)NC(=S)Nc2cccc(Br)c2)cc1. The molecule has 0 spiro atoms. The van der Waals surface area contributed by atoms with E-state index in [0.29, 0.717) is 24.5 Å². The number of amides is 1. The van der Waals surface area contributed by atoms with Crippen LogP contribution in [0.3, 0.4) is 0 Å². The van der Waals surface area contributed by atoms with Crippen molar-refractivity contribution in [1.29, 1.82) is 0 Å². The largest absolute Gasteiger partial charge is 0.491 e. The first kappa shape index (κ1) is 18.4. The standard InChI is InChI=1S/C17H17BrN2O3S/c1-22-9-10-23-15-7-5-12(6-8-15)16(21)20-17(24)19-14-4-2-3-13(18)11-14/h2-8,11H,9-10H2,1H3,(H2,19,20,21,24). The van der Waals surface area contributed by atoms with Crippen molar-refractivity contribution >= 4 is 44.9 Å². The fraction of sp³-hybridized carbons (Fsp3) is 0.176. The zero-order valence-corrected chi connectivity index (χ0v) is 15.4. The molecule has 0 unspecified atom stereocenters. The second-order valence-electron chi connectivity index (χ2n) is 4.78. The smallest absolute Gasteiger partial charge is 0.257 e. The highest BCUT2D eigenvalue weighted by Crippen LogP contribution is 2.16. The third kappa shape index (κ3) is 5.92. The second-order valence-corrected chi connectivity index (χ2v) is 6.11. The molecule has 1 amide bonds. The zero-order chi connectivity index (χ0) is 17.4. The molecule has 7 heteroatoms. The van der Waals surface area contributed by atoms with E-state index in [0.717, 1.165) is 10.2 Å². The summed E-state index contributed by atoms with van der Waals surface area (Å²) in [6.07, 6.45) is 0. The highest BCUT2D eigenvalue weighted by molar-refractivity contribution is 9.10. The molecule has 0 aliphatic carbocycles. The van der Waals surface area contributed by atoms with E-state index in [2.05, 4.69) is 26.6 Å². The van der Waals surface area contributed by atoms with Crippen LogP contribution in [0.4, 0.5) is 5.69 Å². The van der Waals surface area contributed by atoms with Gasteiger partial charge >= 0.3 is 0 Å². The molecule has 0 fully saturated rings. The third-order valence-corrected chi connectivity index (χ3v) is 3.68. The van der Waals surface area contributed by atoms with Gasteiger partial charge in [0, 0.05) is 22.8 Å². The minimum atomic E-state index is -0.286. The van der Waals surface area contributed by atoms with Gasteiger partial charge in [0.25, 0.3) is 5.91 Å². The predicted octanol–water partition coefficient (Wildman–Crippen LogP) is 3.60. The molecule has 2 aromatic carbocycles. The summed E-state index contributed by atoms with van der Waals surface area (Å²) < 4.78 is 11.3. The van der Waals surface area contributed by atoms with Crippen molar-refractivity contribution in [1.82, 2.24) is 5.32 Å². The topological polar surface area (TPSA) is 59.6 Å². The maximum atomic E-state index is 12.2. The van der Waals surface area contributed by atoms with Crippen molar-refractivity contribution in [2.45, 2.75) is 0 Å². The number of carbonyl (C=O) groups excluding carboxylic acids is 1. The van der Waals surface area contributed by atoms with Gasteiger partial charge in [-0.2, -0.15) is 0 Å². The van der Waals surface area contributed by atoms with Crippen LogP contribution < -0.4 is 15.4 Å². The number of halogens is 1. The van der Waals surface area contributed by atoms with E-state index in [9.17, 15) is 4.79 Å². The summed E-state index contributed by atoms with van der Waals surface area (Å²) >= 11 is 8.53. The fourth-order valence-corrected chi connectivity index (χ4v) is 2.46. The van der Waals surface area contributed by atoms with Crippen LogP contribution in [0.15, 0.2) is 53.0 Å². The molecular formula is C17H17BrN2O3S. The first-order valence-corrected chi connectivity index (χ1v) is 8.38. The number of anilines is 1. The van der Waals surface area contributed by atoms with Gasteiger partial charge < -0.3 is 14.8 Å². The zero-order valence-electron chi connectivity index (χ0n) is 13.0. The number of ether oxygens (including phenoxy) is 2. The lowest BCUT2D eigenvalue weighted by Gasteiger charge is -2.10. The molecule has 0 bridgehead atoms. The van der Waals surface area contributed by atoms with Crippen LogP contribution in [0.2, 0.25) is 0 Å². The van der Waals surface area contributed by atoms with Crippen molar-refractivity contribution in [3.05, 3.63) is 58.6 Å². The van der Waals surface area contributed by atoms with E-state index in [1.807, 2.05) is 24.3 Å². The normalized spacial score (nSPS) is 10.1. The van der Waals surface area contributed by atoms with Crippen LogP contribution in [0.5, 0.6) is 5.75 Å². The highest BCUT2D eigenvalue weighted by atomic mass is 79.9. The van der Waals surface area contributed by atoms with E-state index in [1.165, 1.54) is 0 Å². The highest BCUT2D eigenvalue weighted by Gasteiger charge is 2.08. The number of methoxy groups -OCH3 is 1. The van der Waals surface area contributed by atoms with Crippen LogP contribution in [0.25, 0.3) is 0 Å². The van der Waals surface area contributed by atoms with Gasteiger partial charge in [-0.25, -0.2) is 0 Å². The molecular weight excluding hydrogens is 392 g/mol. The molecule has 0 aliphatic heterocycles. The Morgan fingerprint density at radius 3 is 2.58 bits per heavy atom. The Hall–Kier alpha value is -1.96. The maximum Gasteiger partial charge on any atom is 0.257 e. The summed E-state index contributed by atoms with van der Waals surface area (Å²) in [5.74, 6) is 0.393. The lowest BCUT2D eigenvalue weighted by atomic mass is 10.2. The summed E-state index contributed by atoms with van der Waals surface area (Å²) in [6.45, 7) is 0.973. The minimum absolute atomic E-state index is 0.235. The third-order valence-electron chi connectivity index (χ3n) is 2.98. The number of hydrogen-bond donors (Lipinski definition) is 2. The summed E-state index contributed by atoms with van der Waals surface area (Å²) in [7, 11) is 1.61. The van der Waals surface area contributed by atoms with Crippen molar-refractivity contribution in [3.63, 3.8) is 0 Å². The number of rotatable bonds is 6.